The largest absolute Gasteiger partial charge is 0.478 e. The highest BCUT2D eigenvalue weighted by atomic mass is 16.5. The van der Waals surface area contributed by atoms with Crippen molar-refractivity contribution in [2.75, 3.05) is 20.3 Å². The molecule has 0 radical (unpaired) electrons. The van der Waals surface area contributed by atoms with Crippen LogP contribution in [0.2, 0.25) is 0 Å². The van der Waals surface area contributed by atoms with Crippen molar-refractivity contribution in [3.63, 3.8) is 0 Å². The first-order chi connectivity index (χ1) is 12.1. The Morgan fingerprint density at radius 1 is 1.32 bits per heavy atom. The lowest BCUT2D eigenvalue weighted by Crippen LogP contribution is -2.33. The van der Waals surface area contributed by atoms with Crippen LogP contribution in [0.5, 0.6) is 0 Å². The molecular formula is C18H19N3O4. The highest BCUT2D eigenvalue weighted by Gasteiger charge is 2.31. The quantitative estimate of drug-likeness (QED) is 0.896. The zero-order valence-electron chi connectivity index (χ0n) is 13.9. The maximum atomic E-state index is 12.2. The number of benzene rings is 1. The van der Waals surface area contributed by atoms with Crippen LogP contribution in [0.1, 0.15) is 34.9 Å². The fraction of sp³-hybridized carbons (Fsp3) is 0.333. The van der Waals surface area contributed by atoms with Crippen molar-refractivity contribution in [1.29, 1.82) is 0 Å². The van der Waals surface area contributed by atoms with Crippen LogP contribution >= 0.6 is 0 Å². The lowest BCUT2D eigenvalue weighted by Gasteiger charge is -2.24. The van der Waals surface area contributed by atoms with E-state index in [1.807, 2.05) is 0 Å². The molecule has 0 saturated carbocycles. The number of hydrogen-bond donors (Lipinski definition) is 1. The molecule has 2 aromatic rings. The molecule has 1 aliphatic rings. The third-order valence-corrected chi connectivity index (χ3v) is 4.27. The van der Waals surface area contributed by atoms with Crippen LogP contribution in [-0.4, -0.2) is 52.1 Å². The van der Waals surface area contributed by atoms with Crippen LogP contribution in [0.25, 0.3) is 11.3 Å². The minimum absolute atomic E-state index is 0.0332. The van der Waals surface area contributed by atoms with Gasteiger partial charge in [-0.1, -0.05) is 18.2 Å². The third-order valence-electron chi connectivity index (χ3n) is 4.27. The Labute approximate surface area is 145 Å². The first kappa shape index (κ1) is 17.0. The van der Waals surface area contributed by atoms with Gasteiger partial charge < -0.3 is 14.7 Å². The summed E-state index contributed by atoms with van der Waals surface area (Å²) in [6, 6.07) is 6.52. The van der Waals surface area contributed by atoms with Crippen molar-refractivity contribution in [2.24, 2.45) is 0 Å². The monoisotopic (exact) mass is 341 g/mol. The molecule has 0 aliphatic carbocycles. The van der Waals surface area contributed by atoms with Gasteiger partial charge in [-0.05, 0) is 18.9 Å². The number of nitrogens with zero attached hydrogens (tertiary/aromatic N) is 3. The molecule has 0 spiro atoms. The predicted octanol–water partition coefficient (Wildman–Crippen LogP) is 2.15. The normalized spacial score (nSPS) is 16.8. The second-order valence-electron chi connectivity index (χ2n) is 5.86. The van der Waals surface area contributed by atoms with Gasteiger partial charge in [-0.25, -0.2) is 9.78 Å². The van der Waals surface area contributed by atoms with E-state index >= 15 is 0 Å². The van der Waals surface area contributed by atoms with Gasteiger partial charge >= 0.3 is 5.97 Å². The van der Waals surface area contributed by atoms with E-state index in [9.17, 15) is 14.7 Å². The van der Waals surface area contributed by atoms with Crippen molar-refractivity contribution >= 4 is 11.9 Å². The van der Waals surface area contributed by atoms with E-state index in [-0.39, 0.29) is 24.1 Å². The van der Waals surface area contributed by atoms with Gasteiger partial charge in [0.2, 0.25) is 5.91 Å². The molecule has 1 aromatic carbocycles. The van der Waals surface area contributed by atoms with E-state index in [4.69, 9.17) is 4.74 Å². The Hall–Kier alpha value is -2.80. The molecule has 1 amide bonds. The number of hydrogen-bond acceptors (Lipinski definition) is 5. The number of carbonyl (C=O) groups is 2. The standard InChI is InChI=1S/C18H19N3O4/c1-25-11-17(22)21-8-4-7-16(21)15-10-19-9-14(20-15)12-5-2-3-6-13(12)18(23)24/h2-3,5-6,9-10,16H,4,7-8,11H2,1H3,(H,23,24)/t16-/m0/s1. The van der Waals surface area contributed by atoms with Gasteiger partial charge in [0.1, 0.15) is 6.61 Å². The van der Waals surface area contributed by atoms with E-state index in [1.165, 1.54) is 13.2 Å². The smallest absolute Gasteiger partial charge is 0.336 e. The summed E-state index contributed by atoms with van der Waals surface area (Å²) in [4.78, 5) is 34.2. The van der Waals surface area contributed by atoms with Crippen molar-refractivity contribution in [2.45, 2.75) is 18.9 Å². The van der Waals surface area contributed by atoms with E-state index in [1.54, 1.807) is 35.5 Å². The number of aromatic carboxylic acids is 1. The number of amides is 1. The second kappa shape index (κ2) is 7.40. The number of aromatic nitrogens is 2. The van der Waals surface area contributed by atoms with E-state index in [0.29, 0.717) is 23.5 Å². The first-order valence-corrected chi connectivity index (χ1v) is 8.05. The molecule has 0 unspecified atom stereocenters. The summed E-state index contributed by atoms with van der Waals surface area (Å²) < 4.78 is 4.94. The van der Waals surface area contributed by atoms with Crippen LogP contribution in [-0.2, 0) is 9.53 Å². The van der Waals surface area contributed by atoms with Crippen molar-refractivity contribution in [3.05, 3.63) is 47.9 Å². The van der Waals surface area contributed by atoms with Gasteiger partial charge in [-0.15, -0.1) is 0 Å². The fourth-order valence-corrected chi connectivity index (χ4v) is 3.14. The lowest BCUT2D eigenvalue weighted by atomic mass is 10.0. The Balaban J connectivity index is 1.95. The van der Waals surface area contributed by atoms with Gasteiger partial charge in [0, 0.05) is 19.2 Å². The molecule has 2 heterocycles. The van der Waals surface area contributed by atoms with Crippen LogP contribution < -0.4 is 0 Å². The van der Waals surface area contributed by atoms with Gasteiger partial charge in [-0.3, -0.25) is 9.78 Å². The maximum Gasteiger partial charge on any atom is 0.336 e. The fourth-order valence-electron chi connectivity index (χ4n) is 3.14. The van der Waals surface area contributed by atoms with Gasteiger partial charge in [0.05, 0.1) is 35.4 Å². The van der Waals surface area contributed by atoms with Crippen LogP contribution in [0, 0.1) is 0 Å². The van der Waals surface area contributed by atoms with E-state index < -0.39 is 5.97 Å². The molecule has 3 rings (SSSR count). The Morgan fingerprint density at radius 3 is 2.88 bits per heavy atom. The van der Waals surface area contributed by atoms with Crippen molar-refractivity contribution in [3.8, 4) is 11.3 Å². The number of carboxylic acid groups (broad SMARTS) is 1. The maximum absolute atomic E-state index is 12.2. The minimum atomic E-state index is -1.01. The summed E-state index contributed by atoms with van der Waals surface area (Å²) >= 11 is 0. The van der Waals surface area contributed by atoms with Crippen molar-refractivity contribution in [1.82, 2.24) is 14.9 Å². The molecule has 1 aromatic heterocycles. The molecule has 7 heteroatoms. The Kier molecular flexibility index (Phi) is 5.04. The highest BCUT2D eigenvalue weighted by Crippen LogP contribution is 2.32. The molecule has 25 heavy (non-hydrogen) atoms. The summed E-state index contributed by atoms with van der Waals surface area (Å²) in [5, 5.41) is 9.37. The summed E-state index contributed by atoms with van der Waals surface area (Å²) in [6.07, 6.45) is 4.86. The molecule has 1 N–H and O–H groups in total. The lowest BCUT2D eigenvalue weighted by molar-refractivity contribution is -0.136. The number of ether oxygens (including phenoxy) is 1. The summed E-state index contributed by atoms with van der Waals surface area (Å²) in [5.74, 6) is -1.09. The van der Waals surface area contributed by atoms with E-state index in [0.717, 1.165) is 12.8 Å². The van der Waals surface area contributed by atoms with Gasteiger partial charge in [0.15, 0.2) is 0 Å². The molecule has 1 saturated heterocycles. The van der Waals surface area contributed by atoms with Crippen LogP contribution in [0.15, 0.2) is 36.7 Å². The van der Waals surface area contributed by atoms with Crippen LogP contribution in [0.4, 0.5) is 0 Å². The van der Waals surface area contributed by atoms with E-state index in [2.05, 4.69) is 9.97 Å². The molecule has 1 fully saturated rings. The second-order valence-corrected chi connectivity index (χ2v) is 5.86. The summed E-state index contributed by atoms with van der Waals surface area (Å²) in [7, 11) is 1.49. The van der Waals surface area contributed by atoms with Gasteiger partial charge in [-0.2, -0.15) is 0 Å². The van der Waals surface area contributed by atoms with Crippen LogP contribution in [0.3, 0.4) is 0 Å². The molecule has 7 nitrogen and oxygen atoms in total. The minimum Gasteiger partial charge on any atom is -0.478 e. The molecule has 130 valence electrons. The van der Waals surface area contributed by atoms with Crippen molar-refractivity contribution < 1.29 is 19.4 Å². The molecule has 1 atom stereocenters. The zero-order chi connectivity index (χ0) is 17.8. The number of methoxy groups -OCH3 is 1. The molecule has 1 aliphatic heterocycles. The van der Waals surface area contributed by atoms with Gasteiger partial charge in [0.25, 0.3) is 0 Å². The molecular weight excluding hydrogens is 322 g/mol. The summed E-state index contributed by atoms with van der Waals surface area (Å²) in [6.45, 7) is 0.690. The summed E-state index contributed by atoms with van der Waals surface area (Å²) in [5.41, 5.74) is 1.84. The molecule has 0 bridgehead atoms. The Bertz CT molecular complexity index is 793. The number of rotatable bonds is 5. The number of carboxylic acids is 1. The average Bonchev–Trinajstić information content (AvgIpc) is 3.12. The first-order valence-electron chi connectivity index (χ1n) is 8.05. The highest BCUT2D eigenvalue weighted by molar-refractivity contribution is 5.95. The topological polar surface area (TPSA) is 92.6 Å². The SMILES string of the molecule is COCC(=O)N1CCC[C@H]1c1cncc(-c2ccccc2C(=O)O)n1. The zero-order valence-corrected chi connectivity index (χ0v) is 13.9. The number of likely N-dealkylation sites (tertiary alicyclic amines) is 1. The predicted molar refractivity (Wildman–Crippen MR) is 90.0 cm³/mol. The number of carbonyl (C=O) groups excluding carboxylic acids is 1. The third kappa shape index (κ3) is 3.51. The average molecular weight is 341 g/mol. The Morgan fingerprint density at radius 2 is 2.12 bits per heavy atom.